The second-order valence-corrected chi connectivity index (χ2v) is 12.4. The van der Waals surface area contributed by atoms with E-state index in [1.807, 2.05) is 0 Å². The fourth-order valence-corrected chi connectivity index (χ4v) is 5.03. The Hall–Kier alpha value is -3.63. The van der Waals surface area contributed by atoms with Gasteiger partial charge in [-0.1, -0.05) is 12.1 Å². The quantitative estimate of drug-likeness (QED) is 0.258. The summed E-state index contributed by atoms with van der Waals surface area (Å²) in [6, 6.07) is 9.55. The molecule has 0 unspecified atom stereocenters. The normalized spacial score (nSPS) is 13.2. The first-order valence-electron chi connectivity index (χ1n) is 11.7. The summed E-state index contributed by atoms with van der Waals surface area (Å²) in [6.45, 7) is 6.94. The molecule has 0 saturated heterocycles. The highest BCUT2D eigenvalue weighted by molar-refractivity contribution is 7.70. The summed E-state index contributed by atoms with van der Waals surface area (Å²) >= 11 is 0. The van der Waals surface area contributed by atoms with Crippen molar-refractivity contribution in [1.82, 2.24) is 15.4 Å². The van der Waals surface area contributed by atoms with Crippen molar-refractivity contribution in [1.29, 1.82) is 0 Å². The van der Waals surface area contributed by atoms with E-state index in [2.05, 4.69) is 26.1 Å². The average molecular weight is 549 g/mol. The van der Waals surface area contributed by atoms with E-state index in [4.69, 9.17) is 9.57 Å². The second kappa shape index (κ2) is 10.6. The number of para-hydroxylation sites is 1. The lowest BCUT2D eigenvalue weighted by molar-refractivity contribution is -0.137. The van der Waals surface area contributed by atoms with Crippen molar-refractivity contribution in [2.24, 2.45) is 0 Å². The topological polar surface area (TPSA) is 114 Å². The van der Waals surface area contributed by atoms with Crippen LogP contribution in [0.15, 0.2) is 42.6 Å². The van der Waals surface area contributed by atoms with Gasteiger partial charge >= 0.3 is 6.18 Å². The molecule has 1 aliphatic rings. The molecule has 13 heteroatoms. The maximum Gasteiger partial charge on any atom is 0.421 e. The van der Waals surface area contributed by atoms with Gasteiger partial charge in [0.25, 0.3) is 5.91 Å². The van der Waals surface area contributed by atoms with Crippen LogP contribution < -0.4 is 26.2 Å². The molecule has 0 fully saturated rings. The SMILES string of the molecule is CC(C)ONC(=O)c1ccc(Nc2ncc(C(F)(F)F)c(Nc3ccccc3P(C)(C)=O)n2)c2c1CCO2. The molecule has 0 radical (unpaired) electrons. The van der Waals surface area contributed by atoms with Gasteiger partial charge in [-0.3, -0.25) is 9.63 Å². The summed E-state index contributed by atoms with van der Waals surface area (Å²) in [6.07, 6.45) is -3.82. The molecule has 0 spiro atoms. The van der Waals surface area contributed by atoms with Crippen LogP contribution in [0.2, 0.25) is 0 Å². The Balaban J connectivity index is 1.68. The fraction of sp³-hybridized carbons (Fsp3) is 0.320. The van der Waals surface area contributed by atoms with Crippen LogP contribution in [-0.4, -0.2) is 41.9 Å². The molecule has 2 heterocycles. The van der Waals surface area contributed by atoms with Crippen molar-refractivity contribution < 1.29 is 32.1 Å². The summed E-state index contributed by atoms with van der Waals surface area (Å²) in [5.74, 6) is -0.696. The van der Waals surface area contributed by atoms with E-state index in [9.17, 15) is 22.5 Å². The standard InChI is InChI=1S/C25H27F3N5O4P/c1-14(2)37-33-23(34)16-9-10-19(21-15(16)11-12-36-21)31-24-29-13-17(25(26,27)28)22(32-24)30-18-7-5-6-8-20(18)38(3,4)35/h5-10,13-14H,11-12H2,1-4H3,(H,33,34)(H2,29,30,31,32). The first-order chi connectivity index (χ1) is 17.8. The molecule has 38 heavy (non-hydrogen) atoms. The Kier molecular flexibility index (Phi) is 7.66. The molecule has 3 aromatic rings. The molecular weight excluding hydrogens is 522 g/mol. The minimum atomic E-state index is -4.74. The number of hydrogen-bond acceptors (Lipinski definition) is 8. The third-order valence-electron chi connectivity index (χ3n) is 5.57. The monoisotopic (exact) mass is 549 g/mol. The van der Waals surface area contributed by atoms with Crippen molar-refractivity contribution >= 4 is 41.5 Å². The lowest BCUT2D eigenvalue weighted by Gasteiger charge is -2.18. The number of benzene rings is 2. The predicted molar refractivity (Wildman–Crippen MR) is 138 cm³/mol. The van der Waals surface area contributed by atoms with E-state index in [1.165, 1.54) is 19.4 Å². The van der Waals surface area contributed by atoms with E-state index >= 15 is 0 Å². The minimum absolute atomic E-state index is 0.132. The smallest absolute Gasteiger partial charge is 0.421 e. The largest absolute Gasteiger partial charge is 0.491 e. The maximum atomic E-state index is 13.8. The number of carbonyl (C=O) groups is 1. The van der Waals surface area contributed by atoms with Crippen LogP contribution in [0.5, 0.6) is 5.75 Å². The molecule has 1 aliphatic heterocycles. The Morgan fingerprint density at radius 2 is 1.84 bits per heavy atom. The number of alkyl halides is 3. The van der Waals surface area contributed by atoms with Gasteiger partial charge in [0.2, 0.25) is 5.95 Å². The van der Waals surface area contributed by atoms with Crippen LogP contribution in [0.3, 0.4) is 0 Å². The Morgan fingerprint density at radius 3 is 2.53 bits per heavy atom. The number of hydrogen-bond donors (Lipinski definition) is 3. The van der Waals surface area contributed by atoms with Gasteiger partial charge in [-0.05, 0) is 51.4 Å². The Labute approximate surface area is 217 Å². The second-order valence-electron chi connectivity index (χ2n) is 9.24. The van der Waals surface area contributed by atoms with E-state index in [1.54, 1.807) is 44.2 Å². The first kappa shape index (κ1) is 27.4. The minimum Gasteiger partial charge on any atom is -0.491 e. The highest BCUT2D eigenvalue weighted by Crippen LogP contribution is 2.41. The highest BCUT2D eigenvalue weighted by Gasteiger charge is 2.36. The molecule has 0 aliphatic carbocycles. The van der Waals surface area contributed by atoms with E-state index in [0.29, 0.717) is 47.1 Å². The van der Waals surface area contributed by atoms with Crippen molar-refractivity contribution in [2.75, 3.05) is 30.6 Å². The third kappa shape index (κ3) is 6.08. The highest BCUT2D eigenvalue weighted by atomic mass is 31.2. The van der Waals surface area contributed by atoms with Gasteiger partial charge in [0.15, 0.2) is 0 Å². The zero-order valence-corrected chi connectivity index (χ0v) is 22.0. The molecule has 0 bridgehead atoms. The number of nitrogens with zero attached hydrogens (tertiary/aromatic N) is 2. The fourth-order valence-electron chi connectivity index (χ4n) is 3.88. The van der Waals surface area contributed by atoms with Crippen molar-refractivity contribution in [3.05, 3.63) is 59.3 Å². The summed E-state index contributed by atoms with van der Waals surface area (Å²) in [4.78, 5) is 25.7. The van der Waals surface area contributed by atoms with Crippen molar-refractivity contribution in [2.45, 2.75) is 32.5 Å². The molecule has 2 aromatic carbocycles. The molecule has 9 nitrogen and oxygen atoms in total. The van der Waals surface area contributed by atoms with Crippen molar-refractivity contribution in [3.63, 3.8) is 0 Å². The summed E-state index contributed by atoms with van der Waals surface area (Å²) < 4.78 is 59.8. The molecule has 1 aromatic heterocycles. The number of ether oxygens (including phenoxy) is 1. The molecular formula is C25H27F3N5O4P. The number of hydroxylamine groups is 1. The molecule has 4 rings (SSSR count). The van der Waals surface area contributed by atoms with Crippen LogP contribution in [-0.2, 0) is 22.0 Å². The Bertz CT molecular complexity index is 1410. The Morgan fingerprint density at radius 1 is 1.11 bits per heavy atom. The van der Waals surface area contributed by atoms with Gasteiger partial charge in [-0.2, -0.15) is 18.2 Å². The van der Waals surface area contributed by atoms with E-state index in [-0.39, 0.29) is 17.7 Å². The molecule has 202 valence electrons. The third-order valence-corrected chi connectivity index (χ3v) is 7.12. The lowest BCUT2D eigenvalue weighted by atomic mass is 10.0. The number of anilines is 4. The molecule has 3 N–H and O–H groups in total. The number of nitrogens with one attached hydrogen (secondary N) is 3. The summed E-state index contributed by atoms with van der Waals surface area (Å²) in [5, 5.41) is 5.99. The lowest BCUT2D eigenvalue weighted by Crippen LogP contribution is -2.27. The number of fused-ring (bicyclic) bond motifs is 1. The van der Waals surface area contributed by atoms with Crippen LogP contribution in [0, 0.1) is 0 Å². The number of aromatic nitrogens is 2. The maximum absolute atomic E-state index is 13.8. The zero-order valence-electron chi connectivity index (χ0n) is 21.1. The van der Waals surface area contributed by atoms with Crippen LogP contribution in [0.25, 0.3) is 0 Å². The van der Waals surface area contributed by atoms with Crippen molar-refractivity contribution in [3.8, 4) is 5.75 Å². The van der Waals surface area contributed by atoms with E-state index in [0.717, 1.165) is 0 Å². The number of halogens is 3. The number of carbonyl (C=O) groups excluding carboxylic acids is 1. The molecule has 0 saturated carbocycles. The predicted octanol–water partition coefficient (Wildman–Crippen LogP) is 5.24. The van der Waals surface area contributed by atoms with Gasteiger partial charge in [-0.25, -0.2) is 10.5 Å². The number of amides is 1. The van der Waals surface area contributed by atoms with Gasteiger partial charge in [0.05, 0.1) is 24.1 Å². The summed E-state index contributed by atoms with van der Waals surface area (Å²) in [7, 11) is -2.81. The van der Waals surface area contributed by atoms with Crippen LogP contribution in [0.4, 0.5) is 36.3 Å². The van der Waals surface area contributed by atoms with Gasteiger partial charge in [0.1, 0.15) is 24.3 Å². The van der Waals surface area contributed by atoms with Gasteiger partial charge in [-0.15, -0.1) is 0 Å². The first-order valence-corrected chi connectivity index (χ1v) is 14.3. The summed E-state index contributed by atoms with van der Waals surface area (Å²) in [5.41, 5.74) is 2.93. The van der Waals surface area contributed by atoms with E-state index < -0.39 is 30.6 Å². The average Bonchev–Trinajstić information content (AvgIpc) is 3.32. The molecule has 1 amide bonds. The van der Waals surface area contributed by atoms with Crippen LogP contribution in [0.1, 0.15) is 35.3 Å². The number of rotatable bonds is 8. The molecule has 0 atom stereocenters. The van der Waals surface area contributed by atoms with Gasteiger partial charge < -0.3 is 19.9 Å². The zero-order chi connectivity index (χ0) is 27.7. The van der Waals surface area contributed by atoms with Gasteiger partial charge in [0, 0.05) is 29.0 Å². The van der Waals surface area contributed by atoms with Crippen LogP contribution >= 0.6 is 7.14 Å².